The second kappa shape index (κ2) is 4.32. The van der Waals surface area contributed by atoms with Crippen LogP contribution in [0.4, 0.5) is 4.39 Å². The maximum absolute atomic E-state index is 12.7. The summed E-state index contributed by atoms with van der Waals surface area (Å²) in [7, 11) is 0. The molecule has 1 amide bonds. The maximum Gasteiger partial charge on any atom is 0.333 e. The average Bonchev–Trinajstić information content (AvgIpc) is 2.28. The Morgan fingerprint density at radius 1 is 1.12 bits per heavy atom. The maximum atomic E-state index is 12.7. The highest BCUT2D eigenvalue weighted by Crippen LogP contribution is 2.09. The number of carbonyl (C=O) groups excluding carboxylic acids is 3. The predicted molar refractivity (Wildman–Crippen MR) is 53.4 cm³/mol. The molecule has 1 heterocycles. The molecule has 88 valence electrons. The number of nitrogens with zero attached hydrogens (tertiary/aromatic N) is 1. The lowest BCUT2D eigenvalue weighted by Crippen LogP contribution is -2.46. The van der Waals surface area contributed by atoms with Crippen molar-refractivity contribution in [3.63, 3.8) is 0 Å². The second-order valence-corrected chi connectivity index (χ2v) is 3.51. The summed E-state index contributed by atoms with van der Waals surface area (Å²) < 4.78 is 17.0. The lowest BCUT2D eigenvalue weighted by molar-refractivity contribution is -0.165. The zero-order valence-corrected chi connectivity index (χ0v) is 8.68. The van der Waals surface area contributed by atoms with Crippen LogP contribution in [0.2, 0.25) is 0 Å². The van der Waals surface area contributed by atoms with E-state index in [1.54, 1.807) is 0 Å². The number of cyclic esters (lactones) is 2. The van der Waals surface area contributed by atoms with Gasteiger partial charge in [0.25, 0.3) is 5.91 Å². The number of hydrogen-bond donors (Lipinski definition) is 0. The number of carbonyl (C=O) groups is 3. The molecule has 1 aliphatic rings. The summed E-state index contributed by atoms with van der Waals surface area (Å²) in [5, 5.41) is 0. The van der Waals surface area contributed by atoms with E-state index in [0.29, 0.717) is 0 Å². The first-order valence-corrected chi connectivity index (χ1v) is 4.84. The van der Waals surface area contributed by atoms with Crippen LogP contribution in [-0.2, 0) is 14.3 Å². The van der Waals surface area contributed by atoms with Gasteiger partial charge in [0.1, 0.15) is 18.9 Å². The van der Waals surface area contributed by atoms with Crippen LogP contribution in [0.25, 0.3) is 0 Å². The molecule has 0 bridgehead atoms. The first kappa shape index (κ1) is 11.3. The molecule has 17 heavy (non-hydrogen) atoms. The second-order valence-electron chi connectivity index (χ2n) is 3.51. The molecule has 0 unspecified atom stereocenters. The molecule has 6 heteroatoms. The van der Waals surface area contributed by atoms with Crippen LogP contribution >= 0.6 is 0 Å². The van der Waals surface area contributed by atoms with Gasteiger partial charge in [-0.3, -0.25) is 4.79 Å². The molecule has 0 N–H and O–H groups in total. The highest BCUT2D eigenvalue weighted by Gasteiger charge is 2.28. The van der Waals surface area contributed by atoms with E-state index in [0.717, 1.165) is 17.0 Å². The van der Waals surface area contributed by atoms with Gasteiger partial charge in [-0.15, -0.1) is 0 Å². The minimum absolute atomic E-state index is 0.217. The molecule has 1 aromatic rings. The Labute approximate surface area is 95.8 Å². The predicted octanol–water partition coefficient (Wildman–Crippen LogP) is 0.351. The van der Waals surface area contributed by atoms with Crippen LogP contribution in [0.1, 0.15) is 10.4 Å². The summed E-state index contributed by atoms with van der Waals surface area (Å²) in [5.41, 5.74) is 0.217. The molecule has 0 aromatic heterocycles. The van der Waals surface area contributed by atoms with Crippen LogP contribution in [0, 0.1) is 5.82 Å². The van der Waals surface area contributed by atoms with Gasteiger partial charge in [0.2, 0.25) is 0 Å². The number of hydrogen-bond acceptors (Lipinski definition) is 4. The quantitative estimate of drug-likeness (QED) is 0.522. The van der Waals surface area contributed by atoms with Crippen molar-refractivity contribution in [3.8, 4) is 0 Å². The lowest BCUT2D eigenvalue weighted by Gasteiger charge is -2.24. The van der Waals surface area contributed by atoms with Crippen LogP contribution in [-0.4, -0.2) is 35.8 Å². The molecular weight excluding hydrogens is 229 g/mol. The van der Waals surface area contributed by atoms with E-state index in [2.05, 4.69) is 4.74 Å². The molecule has 0 saturated carbocycles. The van der Waals surface area contributed by atoms with Gasteiger partial charge in [-0.25, -0.2) is 14.0 Å². The monoisotopic (exact) mass is 237 g/mol. The minimum Gasteiger partial charge on any atom is -0.390 e. The van der Waals surface area contributed by atoms with E-state index in [1.165, 1.54) is 12.1 Å². The number of morpholine rings is 1. The van der Waals surface area contributed by atoms with Crippen LogP contribution in [0.15, 0.2) is 24.3 Å². The normalized spacial score (nSPS) is 15.7. The fourth-order valence-corrected chi connectivity index (χ4v) is 1.48. The van der Waals surface area contributed by atoms with Gasteiger partial charge < -0.3 is 9.64 Å². The number of ether oxygens (including phenoxy) is 1. The molecule has 0 radical (unpaired) electrons. The van der Waals surface area contributed by atoms with E-state index in [4.69, 9.17) is 0 Å². The Bertz CT molecular complexity index is 467. The Morgan fingerprint density at radius 3 is 2.18 bits per heavy atom. The number of halogens is 1. The third-order valence-corrected chi connectivity index (χ3v) is 2.25. The summed E-state index contributed by atoms with van der Waals surface area (Å²) in [6.07, 6.45) is 0. The van der Waals surface area contributed by atoms with Crippen molar-refractivity contribution < 1.29 is 23.5 Å². The van der Waals surface area contributed by atoms with Crippen LogP contribution in [0.3, 0.4) is 0 Å². The molecule has 1 saturated heterocycles. The van der Waals surface area contributed by atoms with Gasteiger partial charge in [0.05, 0.1) is 0 Å². The van der Waals surface area contributed by atoms with Gasteiger partial charge >= 0.3 is 11.9 Å². The molecule has 5 nitrogen and oxygen atoms in total. The molecule has 0 atom stereocenters. The van der Waals surface area contributed by atoms with Gasteiger partial charge in [-0.1, -0.05) is 0 Å². The summed E-state index contributed by atoms with van der Waals surface area (Å²) >= 11 is 0. The summed E-state index contributed by atoms with van der Waals surface area (Å²) in [6, 6.07) is 4.86. The van der Waals surface area contributed by atoms with E-state index in [-0.39, 0.29) is 18.7 Å². The Balaban J connectivity index is 2.17. The standard InChI is InChI=1S/C11H8FNO4/c12-8-3-1-7(2-4-8)11(16)13-5-9(14)17-10(15)6-13/h1-4H,5-6H2. The van der Waals surface area contributed by atoms with Crippen LogP contribution < -0.4 is 0 Å². The van der Waals surface area contributed by atoms with Crippen molar-refractivity contribution in [2.45, 2.75) is 0 Å². The third kappa shape index (κ3) is 2.47. The van der Waals surface area contributed by atoms with Gasteiger partial charge in [0.15, 0.2) is 0 Å². The van der Waals surface area contributed by atoms with Gasteiger partial charge in [-0.05, 0) is 24.3 Å². The van der Waals surface area contributed by atoms with Crippen molar-refractivity contribution in [3.05, 3.63) is 35.6 Å². The number of benzene rings is 1. The fraction of sp³-hybridized carbons (Fsp3) is 0.182. The topological polar surface area (TPSA) is 63.7 Å². The molecular formula is C11H8FNO4. The molecule has 1 aromatic carbocycles. The largest absolute Gasteiger partial charge is 0.390 e. The van der Waals surface area contributed by atoms with Crippen molar-refractivity contribution >= 4 is 17.8 Å². The number of esters is 2. The SMILES string of the molecule is O=C1CN(C(=O)c2ccc(F)cc2)CC(=O)O1. The van der Waals surface area contributed by atoms with Crippen LogP contribution in [0.5, 0.6) is 0 Å². The first-order chi connectivity index (χ1) is 8.06. The fourth-order valence-electron chi connectivity index (χ4n) is 1.48. The molecule has 1 fully saturated rings. The van der Waals surface area contributed by atoms with Crippen molar-refractivity contribution in [2.24, 2.45) is 0 Å². The molecule has 0 spiro atoms. The van der Waals surface area contributed by atoms with E-state index in [9.17, 15) is 18.8 Å². The number of amides is 1. The van der Waals surface area contributed by atoms with Crippen molar-refractivity contribution in [1.29, 1.82) is 0 Å². The van der Waals surface area contributed by atoms with Crippen molar-refractivity contribution in [1.82, 2.24) is 4.90 Å². The lowest BCUT2D eigenvalue weighted by atomic mass is 10.2. The van der Waals surface area contributed by atoms with Crippen molar-refractivity contribution in [2.75, 3.05) is 13.1 Å². The molecule has 1 aliphatic heterocycles. The molecule has 2 rings (SSSR count). The summed E-state index contributed by atoms with van der Waals surface area (Å²) in [5.74, 6) is -2.50. The zero-order chi connectivity index (χ0) is 12.4. The number of rotatable bonds is 1. The highest BCUT2D eigenvalue weighted by atomic mass is 19.1. The highest BCUT2D eigenvalue weighted by molar-refractivity contribution is 6.01. The Kier molecular flexibility index (Phi) is 2.86. The van der Waals surface area contributed by atoms with Gasteiger partial charge in [-0.2, -0.15) is 0 Å². The Hall–Kier alpha value is -2.24. The first-order valence-electron chi connectivity index (χ1n) is 4.84. The average molecular weight is 237 g/mol. The van der Waals surface area contributed by atoms with E-state index >= 15 is 0 Å². The summed E-state index contributed by atoms with van der Waals surface area (Å²) in [4.78, 5) is 34.9. The minimum atomic E-state index is -0.767. The van der Waals surface area contributed by atoms with E-state index < -0.39 is 23.7 Å². The van der Waals surface area contributed by atoms with E-state index in [1.807, 2.05) is 0 Å². The Morgan fingerprint density at radius 2 is 1.65 bits per heavy atom. The summed E-state index contributed by atoms with van der Waals surface area (Å²) in [6.45, 7) is -0.552. The van der Waals surface area contributed by atoms with Gasteiger partial charge in [0, 0.05) is 5.56 Å². The zero-order valence-electron chi connectivity index (χ0n) is 8.68. The molecule has 0 aliphatic carbocycles. The smallest absolute Gasteiger partial charge is 0.333 e. The third-order valence-electron chi connectivity index (χ3n) is 2.25.